The first-order valence-electron chi connectivity index (χ1n) is 6.29. The molecule has 5 N–H and O–H groups in total. The molecule has 0 spiro atoms. The lowest BCUT2D eigenvalue weighted by atomic mass is 9.95. The zero-order chi connectivity index (χ0) is 14.6. The summed E-state index contributed by atoms with van der Waals surface area (Å²) in [7, 11) is 0. The summed E-state index contributed by atoms with van der Waals surface area (Å²) in [6.45, 7) is 6.42. The first-order chi connectivity index (χ1) is 8.82. The minimum atomic E-state index is -0.538. The van der Waals surface area contributed by atoms with Crippen LogP contribution in [0.3, 0.4) is 0 Å². The van der Waals surface area contributed by atoms with E-state index in [2.05, 4.69) is 10.3 Å². The first-order valence-corrected chi connectivity index (χ1v) is 6.29. The van der Waals surface area contributed by atoms with E-state index in [9.17, 15) is 14.7 Å². The van der Waals surface area contributed by atoms with Gasteiger partial charge in [-0.05, 0) is 6.42 Å². The Morgan fingerprint density at radius 3 is 2.58 bits per heavy atom. The summed E-state index contributed by atoms with van der Waals surface area (Å²) in [5.74, 6) is 0.129. The van der Waals surface area contributed by atoms with Gasteiger partial charge in [-0.1, -0.05) is 20.8 Å². The van der Waals surface area contributed by atoms with Crippen LogP contribution >= 0.6 is 0 Å². The molecule has 0 radical (unpaired) electrons. The van der Waals surface area contributed by atoms with Gasteiger partial charge >= 0.3 is 5.69 Å². The molecule has 1 rings (SSSR count). The van der Waals surface area contributed by atoms with Gasteiger partial charge in [-0.2, -0.15) is 0 Å². The molecule has 1 aromatic heterocycles. The van der Waals surface area contributed by atoms with Crippen LogP contribution in [0.5, 0.6) is 0 Å². The third kappa shape index (κ3) is 3.60. The molecule has 0 amide bonds. The number of aromatic nitrogens is 2. The van der Waals surface area contributed by atoms with E-state index in [0.717, 1.165) is 6.42 Å². The minimum absolute atomic E-state index is 0.0214. The predicted octanol–water partition coefficient (Wildman–Crippen LogP) is -0.0408. The fourth-order valence-corrected chi connectivity index (χ4v) is 1.59. The van der Waals surface area contributed by atoms with Gasteiger partial charge in [0.1, 0.15) is 11.5 Å². The topological polar surface area (TPSA) is 113 Å². The van der Waals surface area contributed by atoms with Crippen LogP contribution in [-0.4, -0.2) is 27.8 Å². The van der Waals surface area contributed by atoms with Crippen molar-refractivity contribution in [1.82, 2.24) is 9.55 Å². The normalized spacial score (nSPS) is 11.6. The fourth-order valence-electron chi connectivity index (χ4n) is 1.59. The summed E-state index contributed by atoms with van der Waals surface area (Å²) in [4.78, 5) is 25.6. The van der Waals surface area contributed by atoms with Crippen molar-refractivity contribution in [2.45, 2.75) is 33.7 Å². The zero-order valence-electron chi connectivity index (χ0n) is 11.6. The Kier molecular flexibility index (Phi) is 4.77. The van der Waals surface area contributed by atoms with E-state index in [1.165, 1.54) is 4.57 Å². The number of H-pyrrole nitrogens is 1. The van der Waals surface area contributed by atoms with Gasteiger partial charge in [0, 0.05) is 25.1 Å². The summed E-state index contributed by atoms with van der Waals surface area (Å²) in [5, 5.41) is 12.1. The Morgan fingerprint density at radius 2 is 2.05 bits per heavy atom. The zero-order valence-corrected chi connectivity index (χ0v) is 11.6. The summed E-state index contributed by atoms with van der Waals surface area (Å²) in [5.41, 5.74) is 4.61. The van der Waals surface area contributed by atoms with Crippen molar-refractivity contribution in [3.05, 3.63) is 20.8 Å². The van der Waals surface area contributed by atoms with Gasteiger partial charge in [0.15, 0.2) is 0 Å². The van der Waals surface area contributed by atoms with Gasteiger partial charge in [-0.25, -0.2) is 4.79 Å². The van der Waals surface area contributed by atoms with Crippen molar-refractivity contribution in [3.8, 4) is 0 Å². The maximum atomic E-state index is 11.7. The molecule has 0 saturated carbocycles. The molecule has 19 heavy (non-hydrogen) atoms. The van der Waals surface area contributed by atoms with E-state index in [0.29, 0.717) is 13.1 Å². The number of nitrogens with zero attached hydrogens (tertiary/aromatic N) is 1. The predicted molar refractivity (Wildman–Crippen MR) is 75.4 cm³/mol. The molecule has 0 unspecified atom stereocenters. The Labute approximate surface area is 111 Å². The molecular weight excluding hydrogens is 248 g/mol. The van der Waals surface area contributed by atoms with Crippen molar-refractivity contribution in [1.29, 1.82) is 0 Å². The van der Waals surface area contributed by atoms with E-state index in [-0.39, 0.29) is 23.5 Å². The van der Waals surface area contributed by atoms with Crippen LogP contribution < -0.4 is 22.3 Å². The molecule has 0 fully saturated rings. The van der Waals surface area contributed by atoms with Crippen LogP contribution in [0.1, 0.15) is 27.2 Å². The largest absolute Gasteiger partial charge is 0.396 e. The number of hydrogen-bond donors (Lipinski definition) is 4. The Bertz CT molecular complexity index is 545. The quantitative estimate of drug-likeness (QED) is 0.579. The van der Waals surface area contributed by atoms with Crippen molar-refractivity contribution in [2.75, 3.05) is 24.2 Å². The van der Waals surface area contributed by atoms with Crippen molar-refractivity contribution in [3.63, 3.8) is 0 Å². The highest BCUT2D eigenvalue weighted by Gasteiger charge is 2.19. The summed E-state index contributed by atoms with van der Waals surface area (Å²) >= 11 is 0. The summed E-state index contributed by atoms with van der Waals surface area (Å²) < 4.78 is 1.33. The number of rotatable bonds is 6. The molecular formula is C12H22N4O3. The number of anilines is 2. The van der Waals surface area contributed by atoms with E-state index in [1.807, 2.05) is 20.8 Å². The second-order valence-electron chi connectivity index (χ2n) is 5.35. The van der Waals surface area contributed by atoms with Crippen LogP contribution in [-0.2, 0) is 6.54 Å². The number of nitrogens with one attached hydrogen (secondary N) is 2. The lowest BCUT2D eigenvalue weighted by Gasteiger charge is -2.23. The lowest BCUT2D eigenvalue weighted by Crippen LogP contribution is -2.36. The van der Waals surface area contributed by atoms with Crippen molar-refractivity contribution >= 4 is 11.5 Å². The summed E-state index contributed by atoms with van der Waals surface area (Å²) in [6.07, 6.45) is 0.734. The van der Waals surface area contributed by atoms with Gasteiger partial charge in [-0.3, -0.25) is 14.3 Å². The average Bonchev–Trinajstić information content (AvgIpc) is 2.34. The monoisotopic (exact) mass is 270 g/mol. The molecule has 0 bridgehead atoms. The number of aliphatic hydroxyl groups excluding tert-OH is 1. The van der Waals surface area contributed by atoms with E-state index >= 15 is 0 Å². The van der Waals surface area contributed by atoms with Crippen molar-refractivity contribution in [2.24, 2.45) is 5.41 Å². The average molecular weight is 270 g/mol. The van der Waals surface area contributed by atoms with Gasteiger partial charge in [-0.15, -0.1) is 0 Å². The highest BCUT2D eigenvalue weighted by molar-refractivity contribution is 5.60. The van der Waals surface area contributed by atoms with Gasteiger partial charge in [0.2, 0.25) is 0 Å². The number of nitrogens with two attached hydrogens (primary N) is 1. The molecule has 0 aromatic carbocycles. The smallest absolute Gasteiger partial charge is 0.330 e. The molecule has 7 nitrogen and oxygen atoms in total. The van der Waals surface area contributed by atoms with Crippen LogP contribution in [0.25, 0.3) is 0 Å². The molecule has 0 saturated heterocycles. The Balaban J connectivity index is 3.11. The standard InChI is InChI=1S/C12H22N4O3/c1-4-5-16-9(13)8(10(18)15-11(16)19)14-6-12(2,3)7-17/h14,17H,4-7,13H2,1-3H3,(H,15,18,19). The van der Waals surface area contributed by atoms with Gasteiger partial charge < -0.3 is 16.2 Å². The molecule has 108 valence electrons. The lowest BCUT2D eigenvalue weighted by molar-refractivity contribution is 0.171. The number of hydrogen-bond acceptors (Lipinski definition) is 5. The number of nitrogen functional groups attached to an aromatic ring is 1. The van der Waals surface area contributed by atoms with E-state index in [4.69, 9.17) is 5.73 Å². The van der Waals surface area contributed by atoms with Gasteiger partial charge in [0.05, 0.1) is 0 Å². The maximum Gasteiger partial charge on any atom is 0.330 e. The molecule has 1 heterocycles. The highest BCUT2D eigenvalue weighted by Crippen LogP contribution is 2.17. The van der Waals surface area contributed by atoms with Crippen LogP contribution in [0.4, 0.5) is 11.5 Å². The third-order valence-corrected chi connectivity index (χ3v) is 2.86. The fraction of sp³-hybridized carbons (Fsp3) is 0.667. The molecule has 0 aliphatic carbocycles. The van der Waals surface area contributed by atoms with Crippen LogP contribution in [0.2, 0.25) is 0 Å². The van der Waals surface area contributed by atoms with Gasteiger partial charge in [0.25, 0.3) is 5.56 Å². The molecule has 0 atom stereocenters. The number of aromatic amines is 1. The van der Waals surface area contributed by atoms with Crippen LogP contribution in [0.15, 0.2) is 9.59 Å². The third-order valence-electron chi connectivity index (χ3n) is 2.86. The Morgan fingerprint density at radius 1 is 1.42 bits per heavy atom. The SMILES string of the molecule is CCCn1c(N)c(NCC(C)(C)CO)c(=O)[nH]c1=O. The van der Waals surface area contributed by atoms with E-state index in [1.54, 1.807) is 0 Å². The minimum Gasteiger partial charge on any atom is -0.396 e. The highest BCUT2D eigenvalue weighted by atomic mass is 16.3. The Hall–Kier alpha value is -1.76. The number of aliphatic hydroxyl groups is 1. The molecule has 1 aromatic rings. The second-order valence-corrected chi connectivity index (χ2v) is 5.35. The molecule has 7 heteroatoms. The van der Waals surface area contributed by atoms with Crippen LogP contribution in [0, 0.1) is 5.41 Å². The molecule has 0 aliphatic rings. The second kappa shape index (κ2) is 5.92. The van der Waals surface area contributed by atoms with E-state index < -0.39 is 11.2 Å². The summed E-state index contributed by atoms with van der Waals surface area (Å²) in [6, 6.07) is 0. The first kappa shape index (κ1) is 15.3. The molecule has 0 aliphatic heterocycles. The van der Waals surface area contributed by atoms with Crippen molar-refractivity contribution < 1.29 is 5.11 Å². The maximum absolute atomic E-state index is 11.7.